The zero-order chi connectivity index (χ0) is 10.6. The number of nitrogens with one attached hydrogen (secondary N) is 1. The van der Waals surface area contributed by atoms with Gasteiger partial charge in [0, 0.05) is 0 Å². The first-order valence-corrected chi connectivity index (χ1v) is 3.72. The lowest BCUT2D eigenvalue weighted by atomic mass is 10.5. The highest BCUT2D eigenvalue weighted by Crippen LogP contribution is 1.95. The molecule has 0 atom stereocenters. The van der Waals surface area contributed by atoms with Crippen molar-refractivity contribution >= 4 is 11.8 Å². The Labute approximate surface area is 78.6 Å². The molecule has 8 heteroatoms. The van der Waals surface area contributed by atoms with Crippen LogP contribution in [0.1, 0.15) is 16.5 Å². The molecule has 1 aromatic rings. The topological polar surface area (TPSA) is 137 Å². The molecule has 0 spiro atoms. The summed E-state index contributed by atoms with van der Waals surface area (Å²) >= 11 is 0. The van der Waals surface area contributed by atoms with Crippen LogP contribution in [0.5, 0.6) is 0 Å². The maximum atomic E-state index is 11.1. The Balaban J connectivity index is 2.56. The van der Waals surface area contributed by atoms with Crippen molar-refractivity contribution in [3.63, 3.8) is 0 Å². The quantitative estimate of drug-likeness (QED) is 0.500. The van der Waals surface area contributed by atoms with Gasteiger partial charge in [0.1, 0.15) is 0 Å². The number of aromatic nitrogens is 2. The third kappa shape index (κ3) is 2.52. The molecule has 0 bridgehead atoms. The van der Waals surface area contributed by atoms with Crippen LogP contribution >= 0.6 is 0 Å². The predicted molar refractivity (Wildman–Crippen MR) is 43.7 cm³/mol. The summed E-state index contributed by atoms with van der Waals surface area (Å²) in [5.74, 6) is -1.34. The lowest BCUT2D eigenvalue weighted by Crippen LogP contribution is -2.33. The van der Waals surface area contributed by atoms with Gasteiger partial charge in [-0.2, -0.15) is 4.98 Å². The lowest BCUT2D eigenvalue weighted by molar-refractivity contribution is -0.117. The summed E-state index contributed by atoms with van der Waals surface area (Å²) in [5, 5.41) is 5.58. The Morgan fingerprint density at radius 2 is 2.21 bits per heavy atom. The third-order valence-electron chi connectivity index (χ3n) is 1.27. The van der Waals surface area contributed by atoms with Gasteiger partial charge in [-0.3, -0.25) is 9.59 Å². The van der Waals surface area contributed by atoms with Gasteiger partial charge >= 0.3 is 11.8 Å². The summed E-state index contributed by atoms with van der Waals surface area (Å²) in [6.07, 6.45) is 0. The van der Waals surface area contributed by atoms with Crippen molar-refractivity contribution in [2.45, 2.75) is 6.54 Å². The second kappa shape index (κ2) is 4.33. The molecule has 0 fully saturated rings. The maximum Gasteiger partial charge on any atom is 0.315 e. The molecule has 0 unspecified atom stereocenters. The van der Waals surface area contributed by atoms with Crippen LogP contribution in [0.2, 0.25) is 0 Å². The number of rotatable bonds is 4. The average Bonchev–Trinajstić information content (AvgIpc) is 2.62. The Morgan fingerprint density at radius 3 is 2.71 bits per heavy atom. The molecule has 0 aliphatic rings. The van der Waals surface area contributed by atoms with Crippen LogP contribution in [-0.4, -0.2) is 28.5 Å². The fourth-order valence-corrected chi connectivity index (χ4v) is 0.672. The normalized spacial score (nSPS) is 9.79. The Bertz CT molecular complexity index is 347. The van der Waals surface area contributed by atoms with E-state index in [9.17, 15) is 9.59 Å². The summed E-state index contributed by atoms with van der Waals surface area (Å²) in [7, 11) is 0. The fraction of sp³-hybridized carbons (Fsp3) is 0.333. The smallest absolute Gasteiger partial charge is 0.315 e. The van der Waals surface area contributed by atoms with Gasteiger partial charge in [0.2, 0.25) is 5.91 Å². The van der Waals surface area contributed by atoms with E-state index in [1.54, 1.807) is 0 Å². The van der Waals surface area contributed by atoms with Crippen LogP contribution < -0.4 is 16.8 Å². The molecule has 8 nitrogen and oxygen atoms in total. The largest absolute Gasteiger partial charge is 0.368 e. The minimum Gasteiger partial charge on any atom is -0.368 e. The molecule has 2 amide bonds. The zero-order valence-corrected chi connectivity index (χ0v) is 7.19. The van der Waals surface area contributed by atoms with Crippen molar-refractivity contribution in [1.29, 1.82) is 0 Å². The van der Waals surface area contributed by atoms with E-state index in [4.69, 9.17) is 11.5 Å². The molecule has 1 heterocycles. The summed E-state index contributed by atoms with van der Waals surface area (Å²) < 4.78 is 4.54. The van der Waals surface area contributed by atoms with Crippen molar-refractivity contribution < 1.29 is 14.1 Å². The summed E-state index contributed by atoms with van der Waals surface area (Å²) in [6.45, 7) is -0.203. The molecule has 0 aromatic carbocycles. The number of amides is 2. The molecule has 0 saturated carbocycles. The van der Waals surface area contributed by atoms with Crippen LogP contribution in [0.3, 0.4) is 0 Å². The van der Waals surface area contributed by atoms with Gasteiger partial charge < -0.3 is 21.3 Å². The average molecular weight is 199 g/mol. The van der Waals surface area contributed by atoms with E-state index in [1.807, 2.05) is 0 Å². The molecule has 0 aliphatic heterocycles. The van der Waals surface area contributed by atoms with Crippen molar-refractivity contribution in [1.82, 2.24) is 15.5 Å². The van der Waals surface area contributed by atoms with E-state index >= 15 is 0 Å². The molecular formula is C6H9N5O3. The number of hydrogen-bond acceptors (Lipinski definition) is 6. The van der Waals surface area contributed by atoms with Gasteiger partial charge in [-0.15, -0.1) is 0 Å². The number of carbonyl (C=O) groups is 2. The van der Waals surface area contributed by atoms with Crippen LogP contribution in [0.4, 0.5) is 0 Å². The zero-order valence-electron chi connectivity index (χ0n) is 7.19. The van der Waals surface area contributed by atoms with Gasteiger partial charge in [-0.1, -0.05) is 5.16 Å². The van der Waals surface area contributed by atoms with Crippen molar-refractivity contribution in [2.75, 3.05) is 6.54 Å². The number of nitrogens with two attached hydrogens (primary N) is 2. The summed E-state index contributed by atoms with van der Waals surface area (Å²) in [5.41, 5.74) is 10.0. The van der Waals surface area contributed by atoms with Crippen LogP contribution in [0.15, 0.2) is 4.52 Å². The minimum atomic E-state index is -0.656. The number of hydrogen-bond donors (Lipinski definition) is 3. The molecule has 76 valence electrons. The molecule has 0 radical (unpaired) electrons. The van der Waals surface area contributed by atoms with E-state index in [0.717, 1.165) is 0 Å². The first-order chi connectivity index (χ1) is 6.63. The first kappa shape index (κ1) is 10.1. The van der Waals surface area contributed by atoms with E-state index < -0.39 is 11.8 Å². The second-order valence-electron chi connectivity index (χ2n) is 2.37. The van der Waals surface area contributed by atoms with Gasteiger partial charge in [-0.25, -0.2) is 0 Å². The Morgan fingerprint density at radius 1 is 1.50 bits per heavy atom. The van der Waals surface area contributed by atoms with Gasteiger partial charge in [0.25, 0.3) is 0 Å². The number of nitrogens with zero attached hydrogens (tertiary/aromatic N) is 2. The van der Waals surface area contributed by atoms with Crippen molar-refractivity contribution in [3.05, 3.63) is 11.7 Å². The van der Waals surface area contributed by atoms with Gasteiger partial charge in [-0.05, 0) is 0 Å². The standard InChI is InChI=1S/C6H9N5O3/c7-1-4-10-6(14-11-4)5(13)9-2-3(8)12/h1-2,7H2,(H2,8,12)(H,9,13). The molecule has 0 aliphatic carbocycles. The molecular weight excluding hydrogens is 190 g/mol. The molecule has 1 aromatic heterocycles. The van der Waals surface area contributed by atoms with Crippen molar-refractivity contribution in [3.8, 4) is 0 Å². The van der Waals surface area contributed by atoms with Crippen LogP contribution in [0.25, 0.3) is 0 Å². The molecule has 14 heavy (non-hydrogen) atoms. The highest BCUT2D eigenvalue weighted by molar-refractivity contribution is 5.92. The van der Waals surface area contributed by atoms with E-state index in [-0.39, 0.29) is 24.8 Å². The maximum absolute atomic E-state index is 11.1. The third-order valence-corrected chi connectivity index (χ3v) is 1.27. The van der Waals surface area contributed by atoms with E-state index in [0.29, 0.717) is 0 Å². The first-order valence-electron chi connectivity index (χ1n) is 3.72. The summed E-state index contributed by atoms with van der Waals surface area (Å²) in [6, 6.07) is 0. The predicted octanol–water partition coefficient (Wildman–Crippen LogP) is -2.26. The number of primary amides is 1. The Kier molecular flexibility index (Phi) is 3.13. The Hall–Kier alpha value is -1.96. The van der Waals surface area contributed by atoms with Gasteiger partial charge in [0.05, 0.1) is 13.1 Å². The van der Waals surface area contributed by atoms with Crippen molar-refractivity contribution in [2.24, 2.45) is 11.5 Å². The molecule has 1 rings (SSSR count). The van der Waals surface area contributed by atoms with Crippen LogP contribution in [-0.2, 0) is 11.3 Å². The summed E-state index contributed by atoms with van der Waals surface area (Å²) in [4.78, 5) is 25.1. The number of carbonyl (C=O) groups excluding carboxylic acids is 2. The minimum absolute atomic E-state index is 0.0760. The SMILES string of the molecule is NCc1noc(C(=O)NCC(N)=O)n1. The van der Waals surface area contributed by atoms with E-state index in [2.05, 4.69) is 20.0 Å². The van der Waals surface area contributed by atoms with Gasteiger partial charge in [0.15, 0.2) is 5.82 Å². The fourth-order valence-electron chi connectivity index (χ4n) is 0.672. The highest BCUT2D eigenvalue weighted by Gasteiger charge is 2.14. The second-order valence-corrected chi connectivity index (χ2v) is 2.37. The highest BCUT2D eigenvalue weighted by atomic mass is 16.5. The van der Waals surface area contributed by atoms with Crippen LogP contribution in [0, 0.1) is 0 Å². The van der Waals surface area contributed by atoms with E-state index in [1.165, 1.54) is 0 Å². The lowest BCUT2D eigenvalue weighted by Gasteiger charge is -1.95. The molecule has 5 N–H and O–H groups in total. The monoisotopic (exact) mass is 199 g/mol. The molecule has 0 saturated heterocycles.